The molecule has 4 N–H and O–H groups in total. The smallest absolute Gasteiger partial charge is 0.149 e. The fourth-order valence-electron chi connectivity index (χ4n) is 1.30. The summed E-state index contributed by atoms with van der Waals surface area (Å²) in [7, 11) is 0. The number of rotatable bonds is 5. The molecule has 15 heavy (non-hydrogen) atoms. The van der Waals surface area contributed by atoms with Gasteiger partial charge in [0.05, 0.1) is 5.69 Å². The summed E-state index contributed by atoms with van der Waals surface area (Å²) in [6.07, 6.45) is 0.790. The van der Waals surface area contributed by atoms with Crippen LogP contribution >= 0.6 is 0 Å². The summed E-state index contributed by atoms with van der Waals surface area (Å²) in [6.45, 7) is 5.01. The van der Waals surface area contributed by atoms with Gasteiger partial charge in [-0.3, -0.25) is 0 Å². The Morgan fingerprint density at radius 2 is 2.27 bits per heavy atom. The molecule has 1 unspecified atom stereocenters. The Bertz CT molecular complexity index is 315. The van der Waals surface area contributed by atoms with Crippen molar-refractivity contribution in [2.45, 2.75) is 20.3 Å². The molecule has 0 saturated heterocycles. The zero-order chi connectivity index (χ0) is 11.3. The maximum Gasteiger partial charge on any atom is 0.149 e. The minimum absolute atomic E-state index is 0.222. The number of anilines is 2. The highest BCUT2D eigenvalue weighted by Gasteiger charge is 2.04. The number of aliphatic hydroxyl groups is 1. The van der Waals surface area contributed by atoms with Crippen molar-refractivity contribution in [1.82, 2.24) is 4.98 Å². The van der Waals surface area contributed by atoms with Gasteiger partial charge in [-0.25, -0.2) is 4.98 Å². The number of nitrogens with zero attached hydrogens (tertiary/aromatic N) is 1. The van der Waals surface area contributed by atoms with E-state index in [-0.39, 0.29) is 6.61 Å². The number of aromatic nitrogens is 1. The minimum atomic E-state index is 0.222. The average molecular weight is 209 g/mol. The monoisotopic (exact) mass is 209 g/mol. The van der Waals surface area contributed by atoms with Crippen molar-refractivity contribution >= 4 is 11.5 Å². The van der Waals surface area contributed by atoms with Crippen LogP contribution in [0.15, 0.2) is 12.1 Å². The van der Waals surface area contributed by atoms with Crippen LogP contribution in [0, 0.1) is 12.8 Å². The van der Waals surface area contributed by atoms with E-state index in [1.54, 1.807) is 0 Å². The van der Waals surface area contributed by atoms with E-state index < -0.39 is 0 Å². The molecule has 4 heteroatoms. The summed E-state index contributed by atoms with van der Waals surface area (Å²) < 4.78 is 0. The molecule has 1 rings (SSSR count). The van der Waals surface area contributed by atoms with Crippen LogP contribution in [-0.4, -0.2) is 23.2 Å². The Kier molecular flexibility index (Phi) is 4.37. The van der Waals surface area contributed by atoms with E-state index in [2.05, 4.69) is 17.2 Å². The number of nitrogens with two attached hydrogens (primary N) is 1. The molecule has 0 spiro atoms. The maximum atomic E-state index is 8.76. The van der Waals surface area contributed by atoms with E-state index in [0.29, 0.717) is 11.6 Å². The van der Waals surface area contributed by atoms with Gasteiger partial charge >= 0.3 is 0 Å². The summed E-state index contributed by atoms with van der Waals surface area (Å²) in [6, 6.07) is 3.74. The molecule has 1 atom stereocenters. The quantitative estimate of drug-likeness (QED) is 0.685. The number of aryl methyl sites for hydroxylation is 1. The van der Waals surface area contributed by atoms with Crippen molar-refractivity contribution in [2.75, 3.05) is 24.2 Å². The zero-order valence-corrected chi connectivity index (χ0v) is 9.33. The third kappa shape index (κ3) is 3.75. The molecule has 0 bridgehead atoms. The van der Waals surface area contributed by atoms with Crippen LogP contribution in [0.2, 0.25) is 0 Å². The molecular formula is C11H19N3O. The number of nitrogens with one attached hydrogen (secondary N) is 1. The molecule has 0 fully saturated rings. The first kappa shape index (κ1) is 11.8. The van der Waals surface area contributed by atoms with Gasteiger partial charge in [-0.2, -0.15) is 0 Å². The minimum Gasteiger partial charge on any atom is -0.396 e. The molecular weight excluding hydrogens is 190 g/mol. The van der Waals surface area contributed by atoms with Gasteiger partial charge in [0.2, 0.25) is 0 Å². The Balaban J connectivity index is 2.53. The fraction of sp³-hybridized carbons (Fsp3) is 0.545. The Hall–Kier alpha value is -1.29. The third-order valence-electron chi connectivity index (χ3n) is 2.31. The van der Waals surface area contributed by atoms with Gasteiger partial charge in [0.15, 0.2) is 0 Å². The highest BCUT2D eigenvalue weighted by Crippen LogP contribution is 2.16. The van der Waals surface area contributed by atoms with Gasteiger partial charge in [0.25, 0.3) is 0 Å². The third-order valence-corrected chi connectivity index (χ3v) is 2.31. The molecule has 1 heterocycles. The van der Waals surface area contributed by atoms with Crippen LogP contribution in [0.25, 0.3) is 0 Å². The number of pyridine rings is 1. The number of hydrogen-bond acceptors (Lipinski definition) is 4. The van der Waals surface area contributed by atoms with Crippen LogP contribution in [0.4, 0.5) is 11.5 Å². The van der Waals surface area contributed by atoms with Crippen LogP contribution in [0.3, 0.4) is 0 Å². The normalized spacial score (nSPS) is 12.5. The Morgan fingerprint density at radius 1 is 1.53 bits per heavy atom. The second kappa shape index (κ2) is 5.56. The van der Waals surface area contributed by atoms with Crippen molar-refractivity contribution in [3.63, 3.8) is 0 Å². The van der Waals surface area contributed by atoms with Crippen molar-refractivity contribution in [3.05, 3.63) is 17.8 Å². The Morgan fingerprint density at radius 3 is 2.93 bits per heavy atom. The average Bonchev–Trinajstić information content (AvgIpc) is 2.20. The van der Waals surface area contributed by atoms with Crippen molar-refractivity contribution in [3.8, 4) is 0 Å². The lowest BCUT2D eigenvalue weighted by Gasteiger charge is -2.13. The van der Waals surface area contributed by atoms with E-state index in [1.165, 1.54) is 0 Å². The van der Waals surface area contributed by atoms with E-state index in [0.717, 1.165) is 24.5 Å². The maximum absolute atomic E-state index is 8.76. The van der Waals surface area contributed by atoms with E-state index in [4.69, 9.17) is 10.8 Å². The predicted molar refractivity (Wildman–Crippen MR) is 62.7 cm³/mol. The number of hydrogen-bond donors (Lipinski definition) is 3. The first-order valence-corrected chi connectivity index (χ1v) is 5.21. The van der Waals surface area contributed by atoms with E-state index in [9.17, 15) is 0 Å². The summed E-state index contributed by atoms with van der Waals surface area (Å²) in [5.74, 6) is 1.15. The van der Waals surface area contributed by atoms with Gasteiger partial charge in [0, 0.05) is 18.8 Å². The first-order valence-electron chi connectivity index (χ1n) is 5.21. The summed E-state index contributed by atoms with van der Waals surface area (Å²) in [5.41, 5.74) is 7.38. The second-order valence-corrected chi connectivity index (χ2v) is 3.89. The van der Waals surface area contributed by atoms with Gasteiger partial charge in [0.1, 0.15) is 5.82 Å². The number of aliphatic hydroxyl groups excluding tert-OH is 1. The van der Waals surface area contributed by atoms with Crippen molar-refractivity contribution in [1.29, 1.82) is 0 Å². The molecule has 84 valence electrons. The summed E-state index contributed by atoms with van der Waals surface area (Å²) >= 11 is 0. The van der Waals surface area contributed by atoms with Gasteiger partial charge in [-0.15, -0.1) is 0 Å². The summed E-state index contributed by atoms with van der Waals surface area (Å²) in [5, 5.41) is 12.0. The molecule has 0 radical (unpaired) electrons. The lowest BCUT2D eigenvalue weighted by Crippen LogP contribution is -2.14. The highest BCUT2D eigenvalue weighted by atomic mass is 16.3. The lowest BCUT2D eigenvalue weighted by atomic mass is 10.1. The summed E-state index contributed by atoms with van der Waals surface area (Å²) in [4.78, 5) is 4.31. The second-order valence-electron chi connectivity index (χ2n) is 3.89. The first-order chi connectivity index (χ1) is 7.13. The molecule has 1 aromatic heterocycles. The zero-order valence-electron chi connectivity index (χ0n) is 9.33. The predicted octanol–water partition coefficient (Wildman–Crippen LogP) is 1.40. The van der Waals surface area contributed by atoms with Crippen LogP contribution in [-0.2, 0) is 0 Å². The molecule has 0 amide bonds. The van der Waals surface area contributed by atoms with E-state index in [1.807, 2.05) is 19.1 Å². The number of nitrogen functional groups attached to an aromatic ring is 1. The topological polar surface area (TPSA) is 71.2 Å². The molecule has 0 aliphatic carbocycles. The molecule has 4 nitrogen and oxygen atoms in total. The SMILES string of the molecule is Cc1ccc(N)c(NCC(C)CCO)n1. The lowest BCUT2D eigenvalue weighted by molar-refractivity contribution is 0.266. The molecule has 0 aliphatic heterocycles. The highest BCUT2D eigenvalue weighted by molar-refractivity contribution is 5.61. The fourth-order valence-corrected chi connectivity index (χ4v) is 1.30. The van der Waals surface area contributed by atoms with Crippen molar-refractivity contribution < 1.29 is 5.11 Å². The molecule has 0 aromatic carbocycles. The van der Waals surface area contributed by atoms with Gasteiger partial charge in [-0.1, -0.05) is 6.92 Å². The van der Waals surface area contributed by atoms with E-state index >= 15 is 0 Å². The Labute approximate surface area is 90.5 Å². The largest absolute Gasteiger partial charge is 0.396 e. The van der Waals surface area contributed by atoms with Gasteiger partial charge in [-0.05, 0) is 31.4 Å². The standard InChI is InChI=1S/C11H19N3O/c1-8(5-6-15)7-13-11-10(12)4-3-9(2)14-11/h3-4,8,15H,5-7,12H2,1-2H3,(H,13,14). The molecule has 0 saturated carbocycles. The van der Waals surface area contributed by atoms with Crippen LogP contribution < -0.4 is 11.1 Å². The van der Waals surface area contributed by atoms with Gasteiger partial charge < -0.3 is 16.2 Å². The van der Waals surface area contributed by atoms with Crippen LogP contribution in [0.5, 0.6) is 0 Å². The molecule has 0 aliphatic rings. The molecule has 1 aromatic rings. The van der Waals surface area contributed by atoms with Crippen molar-refractivity contribution in [2.24, 2.45) is 5.92 Å². The van der Waals surface area contributed by atoms with Crippen LogP contribution in [0.1, 0.15) is 19.0 Å².